The first kappa shape index (κ1) is 56.6. The Morgan fingerprint density at radius 2 is 1.04 bits per heavy atom. The van der Waals surface area contributed by atoms with E-state index in [0.29, 0.717) is 29.3 Å². The molecular weight excluding hydrogens is 1620 g/mol. The van der Waals surface area contributed by atoms with Crippen LogP contribution in [0.15, 0.2) is 175 Å². The van der Waals surface area contributed by atoms with E-state index in [9.17, 15) is 0 Å². The molecule has 4 aromatic heterocycles. The predicted molar refractivity (Wildman–Crippen MR) is 257 cm³/mol. The average molecular weight is 1660 g/mol. The number of hydrogen-bond donors (Lipinski definition) is 1. The molecule has 4 aromatic carbocycles. The van der Waals surface area contributed by atoms with Gasteiger partial charge in [-0.25, -0.2) is 49.8 Å². The molecule has 8 aromatic rings. The van der Waals surface area contributed by atoms with Gasteiger partial charge >= 0.3 is 0 Å². The van der Waals surface area contributed by atoms with Crippen LogP contribution < -0.4 is 5.32 Å². The van der Waals surface area contributed by atoms with Gasteiger partial charge in [0, 0.05) is 105 Å². The summed E-state index contributed by atoms with van der Waals surface area (Å²) in [6, 6.07) is 36.9. The van der Waals surface area contributed by atoms with Crippen LogP contribution in [-0.4, -0.2) is 83.5 Å². The van der Waals surface area contributed by atoms with Crippen LogP contribution in [0, 0.1) is 24.3 Å². The third-order valence-corrected chi connectivity index (χ3v) is 10.5. The number of hydrogen-bond acceptors (Lipinski definition) is 16. The van der Waals surface area contributed by atoms with E-state index >= 15 is 0 Å². The third kappa shape index (κ3) is 15.6. The van der Waals surface area contributed by atoms with Crippen LogP contribution in [-0.2, 0) is 80.4 Å². The molecule has 4 radical (unpaired) electrons. The molecule has 0 spiro atoms. The Morgan fingerprint density at radius 3 is 1.60 bits per heavy atom. The van der Waals surface area contributed by atoms with Gasteiger partial charge in [-0.2, -0.15) is 0 Å². The first-order valence-electron chi connectivity index (χ1n) is 21.7. The van der Waals surface area contributed by atoms with Gasteiger partial charge in [0.05, 0.1) is 5.82 Å². The second-order valence-corrected chi connectivity index (χ2v) is 15.0. The molecule has 1 atom stereocenters. The molecule has 0 saturated carbocycles. The minimum absolute atomic E-state index is 0. The quantitative estimate of drug-likeness (QED) is 0.144. The summed E-state index contributed by atoms with van der Waals surface area (Å²) in [4.78, 5) is 61.2. The molecule has 20 heteroatoms. The summed E-state index contributed by atoms with van der Waals surface area (Å²) in [5.74, 6) is 2.66. The number of nitrogens with zero attached hydrogens (tertiary/aromatic N) is 15. The molecule has 0 aliphatic carbocycles. The van der Waals surface area contributed by atoms with Gasteiger partial charge in [0.2, 0.25) is 0 Å². The van der Waals surface area contributed by atoms with Gasteiger partial charge in [-0.05, 0) is 55.8 Å². The second kappa shape index (κ2) is 29.9. The Kier molecular flexibility index (Phi) is 23.5. The standard InChI is InChI=1S/C13H13N4.3C13H9N4.4Ir/c2*1-3-10(12-5-2-6-15-12)7-11(4-1)13-16-8-14-9-17-13;1-2-12(15-7-1)10-3-5-11(6-4-10)13-16-8-14-9-17-13;1-2-5-11(13-16-8-14-9-17-13)10(4-1)12-6-3-7-15-12;;;;/h1,3-4,8-9,12,15H,2,5-6H2;1-2,4,6-9H,5H2;1,3,5-9H,2H2;1-3,5,7-9H,6H2;;;;/q4*-1;;;;. The zero-order valence-electron chi connectivity index (χ0n) is 37.9. The van der Waals surface area contributed by atoms with Crippen molar-refractivity contribution < 1.29 is 80.4 Å². The van der Waals surface area contributed by atoms with Gasteiger partial charge < -0.3 is 20.3 Å². The number of benzene rings is 4. The molecule has 72 heavy (non-hydrogen) atoms. The number of nitrogens with one attached hydrogen (secondary N) is 1. The van der Waals surface area contributed by atoms with Crippen LogP contribution in [0.25, 0.3) is 45.6 Å². The van der Waals surface area contributed by atoms with E-state index in [2.05, 4.69) is 110 Å². The molecular formula is C52H40Ir4N16-4. The maximum atomic E-state index is 4.33. The van der Waals surface area contributed by atoms with Crippen molar-refractivity contribution in [1.29, 1.82) is 0 Å². The summed E-state index contributed by atoms with van der Waals surface area (Å²) >= 11 is 0. The van der Waals surface area contributed by atoms with E-state index in [1.807, 2.05) is 104 Å². The number of rotatable bonds is 8. The summed E-state index contributed by atoms with van der Waals surface area (Å²) in [6.07, 6.45) is 28.5. The van der Waals surface area contributed by atoms with E-state index in [0.717, 1.165) is 81.9 Å². The summed E-state index contributed by atoms with van der Waals surface area (Å²) in [6.45, 7) is 1.09. The largest absolute Gasteiger partial charge is 0.311 e. The van der Waals surface area contributed by atoms with Gasteiger partial charge in [-0.1, -0.05) is 34.9 Å². The molecule has 0 bridgehead atoms. The van der Waals surface area contributed by atoms with Crippen LogP contribution in [0.2, 0.25) is 0 Å². The van der Waals surface area contributed by atoms with Crippen molar-refractivity contribution in [1.82, 2.24) is 65.1 Å². The van der Waals surface area contributed by atoms with Crippen LogP contribution >= 0.6 is 0 Å². The van der Waals surface area contributed by atoms with E-state index < -0.39 is 0 Å². The summed E-state index contributed by atoms with van der Waals surface area (Å²) in [5.41, 5.74) is 11.0. The van der Waals surface area contributed by atoms with Crippen LogP contribution in [0.1, 0.15) is 60.4 Å². The molecule has 1 unspecified atom stereocenters. The first-order valence-corrected chi connectivity index (χ1v) is 21.7. The van der Waals surface area contributed by atoms with Gasteiger partial charge in [0.25, 0.3) is 0 Å². The molecule has 1 N–H and O–H groups in total. The molecule has 8 heterocycles. The minimum atomic E-state index is 0. The molecule has 4 aliphatic rings. The average Bonchev–Trinajstić information content (AvgIpc) is 4.31. The van der Waals surface area contributed by atoms with E-state index in [1.54, 1.807) is 0 Å². The predicted octanol–water partition coefficient (Wildman–Crippen LogP) is 7.89. The fourth-order valence-corrected chi connectivity index (χ4v) is 7.29. The smallest absolute Gasteiger partial charge is 0.144 e. The fourth-order valence-electron chi connectivity index (χ4n) is 7.29. The van der Waals surface area contributed by atoms with Crippen molar-refractivity contribution in [3.63, 3.8) is 0 Å². The van der Waals surface area contributed by atoms with Gasteiger partial charge in [0.1, 0.15) is 68.1 Å². The summed E-state index contributed by atoms with van der Waals surface area (Å²) < 4.78 is 0. The Bertz CT molecular complexity index is 3100. The second-order valence-electron chi connectivity index (χ2n) is 15.0. The van der Waals surface area contributed by atoms with E-state index in [-0.39, 0.29) is 80.4 Å². The van der Waals surface area contributed by atoms with Crippen molar-refractivity contribution in [2.45, 2.75) is 38.1 Å². The minimum Gasteiger partial charge on any atom is -0.311 e. The zero-order valence-corrected chi connectivity index (χ0v) is 47.5. The third-order valence-electron chi connectivity index (χ3n) is 10.5. The monoisotopic (exact) mass is 1660 g/mol. The molecule has 4 aliphatic heterocycles. The molecule has 1 saturated heterocycles. The topological polar surface area (TPSA) is 204 Å². The maximum Gasteiger partial charge on any atom is 0.144 e. The van der Waals surface area contributed by atoms with Crippen molar-refractivity contribution in [3.8, 4) is 45.6 Å². The molecule has 16 nitrogen and oxygen atoms in total. The number of allylic oxidation sites excluding steroid dienone is 3. The molecule has 12 rings (SSSR count). The fraction of sp³-hybridized carbons (Fsp3) is 0.135. The van der Waals surface area contributed by atoms with Crippen molar-refractivity contribution in [2.24, 2.45) is 15.0 Å². The van der Waals surface area contributed by atoms with Crippen LogP contribution in [0.4, 0.5) is 0 Å². The maximum absolute atomic E-state index is 4.33. The summed E-state index contributed by atoms with van der Waals surface area (Å²) in [5, 5.41) is 3.47. The van der Waals surface area contributed by atoms with Crippen molar-refractivity contribution in [3.05, 3.63) is 207 Å². The first-order chi connectivity index (χ1) is 33.7. The van der Waals surface area contributed by atoms with Crippen LogP contribution in [0.5, 0.6) is 0 Å². The normalized spacial score (nSPS) is 14.3. The van der Waals surface area contributed by atoms with Gasteiger partial charge in [0.15, 0.2) is 0 Å². The van der Waals surface area contributed by atoms with E-state index in [1.165, 1.54) is 69.0 Å². The Morgan fingerprint density at radius 1 is 0.472 bits per heavy atom. The van der Waals surface area contributed by atoms with Gasteiger partial charge in [-0.3, -0.25) is 9.97 Å². The SMILES string of the molecule is [Ir].[Ir].[Ir].[Ir].[c-]1c(-c2ncncn2)cccc1C1CCCN1.[c-]1cc(-c2ncncn2)ccc1C1=NC=CC1.[c-]1ccc(-c2ncncn2)cc1C1=NC=CC1.[c-]1cccc(-c2ncncn2)c1C1=NC=CC1. The van der Waals surface area contributed by atoms with Crippen LogP contribution in [0.3, 0.4) is 0 Å². The Balaban J connectivity index is 0.000000175. The Hall–Kier alpha value is -6.29. The molecule has 368 valence electrons. The summed E-state index contributed by atoms with van der Waals surface area (Å²) in [7, 11) is 0. The Labute approximate surface area is 470 Å². The van der Waals surface area contributed by atoms with E-state index in [4.69, 9.17) is 0 Å². The van der Waals surface area contributed by atoms with Crippen molar-refractivity contribution >= 4 is 17.1 Å². The molecule has 1 fully saturated rings. The van der Waals surface area contributed by atoms with Crippen molar-refractivity contribution in [2.75, 3.05) is 6.54 Å². The molecule has 0 amide bonds. The zero-order chi connectivity index (χ0) is 46.0. The number of aliphatic imine (C=N–C) groups is 3. The van der Waals surface area contributed by atoms with Gasteiger partial charge in [-0.15, -0.1) is 125 Å². The number of aromatic nitrogens is 12.